The predicted octanol–water partition coefficient (Wildman–Crippen LogP) is 33.5. The van der Waals surface area contributed by atoms with Gasteiger partial charge >= 0.3 is 107 Å². The molecule has 14 rings (SSSR count). The first-order valence-corrected chi connectivity index (χ1v) is 58.0. The largest absolute Gasteiger partial charge is 0.477 e. The zero-order valence-corrected chi connectivity index (χ0v) is 88.3. The van der Waals surface area contributed by atoms with E-state index in [4.69, 9.17) is 164 Å². The monoisotopic (exact) mass is 2370 g/mol. The van der Waals surface area contributed by atoms with Gasteiger partial charge < -0.3 is 30.2 Å². The number of carboxylic acid groups (broad SMARTS) is 1. The first-order chi connectivity index (χ1) is 61.4. The number of carbonyl (C=O) groups excluding carboxylic acids is 4. The Morgan fingerprint density at radius 1 is 0.465 bits per heavy atom. The predicted molar refractivity (Wildman–Crippen MR) is 550 cm³/mol. The number of amides is 2. The number of halogens is 14. The molecule has 7 aromatic carbocycles. The Bertz CT molecular complexity index is 6690. The van der Waals surface area contributed by atoms with E-state index in [1.165, 1.54) is 44.8 Å². The number of esters is 2. The average Bonchev–Trinajstić information content (AvgIpc) is 1.61. The number of aromatic carboxylic acids is 1. The number of thiophene rings is 5. The maximum Gasteiger partial charge on any atom is 0.347 e. The smallest absolute Gasteiger partial charge is 0.347 e. The van der Waals surface area contributed by atoms with Gasteiger partial charge in [-0.25, -0.2) is 43.6 Å². The molecule has 656 valence electrons. The van der Waals surface area contributed by atoms with Crippen LogP contribution in [0.2, 0.25) is 65.0 Å². The van der Waals surface area contributed by atoms with Crippen LogP contribution in [0.4, 0.5) is 39.3 Å². The Hall–Kier alpha value is -8.38. The molecule has 5 N–H and O–H groups in total. The first kappa shape index (κ1) is 104. The van der Waals surface area contributed by atoms with Crippen molar-refractivity contribution in [3.8, 4) is 66.3 Å². The summed E-state index contributed by atoms with van der Waals surface area (Å²) in [6.07, 6.45) is 5.49. The molecule has 0 aliphatic heterocycles. The van der Waals surface area contributed by atoms with Crippen LogP contribution in [0.15, 0.2) is 198 Å². The van der Waals surface area contributed by atoms with Gasteiger partial charge in [0.2, 0.25) is 28.4 Å². The Morgan fingerprint density at radius 2 is 0.829 bits per heavy atom. The summed E-state index contributed by atoms with van der Waals surface area (Å²) in [5.41, 5.74) is 15.1. The van der Waals surface area contributed by atoms with Crippen molar-refractivity contribution >= 4 is 327 Å². The van der Waals surface area contributed by atoms with Gasteiger partial charge in [0.25, 0.3) is 5.91 Å². The van der Waals surface area contributed by atoms with Gasteiger partial charge in [-0.1, -0.05) is 271 Å². The van der Waals surface area contributed by atoms with Crippen LogP contribution in [-0.2, 0) is 27.4 Å². The van der Waals surface area contributed by atoms with Crippen LogP contribution in [0.25, 0.3) is 90.6 Å². The normalized spacial score (nSPS) is 10.5. The van der Waals surface area contributed by atoms with Crippen molar-refractivity contribution < 1.29 is 38.6 Å². The third-order valence-electron chi connectivity index (χ3n) is 17.5. The van der Waals surface area contributed by atoms with Gasteiger partial charge in [0.05, 0.1) is 76.0 Å². The number of carboxylic acids is 1. The second kappa shape index (κ2) is 48.8. The van der Waals surface area contributed by atoms with E-state index in [-0.39, 0.29) is 51.2 Å². The van der Waals surface area contributed by atoms with Gasteiger partial charge in [0, 0.05) is 104 Å². The summed E-state index contributed by atoms with van der Waals surface area (Å²) in [5, 5.41) is 19.5. The zero-order chi connectivity index (χ0) is 94.4. The number of ether oxygens (including phenoxy) is 2. The van der Waals surface area contributed by atoms with E-state index in [0.29, 0.717) is 152 Å². The summed E-state index contributed by atoms with van der Waals surface area (Å²) in [7, 11) is 0. The van der Waals surface area contributed by atoms with E-state index in [0.717, 1.165) is 65.2 Å². The average molecular weight is 2380 g/mol. The molecule has 0 fully saturated rings. The van der Waals surface area contributed by atoms with Crippen molar-refractivity contribution in [3.05, 3.63) is 335 Å². The molecule has 0 unspecified atom stereocenters. The Labute approximate surface area is 850 Å². The first-order valence-electron chi connectivity index (χ1n) is 37.0. The number of hydrogen-bond acceptors (Lipinski definition) is 15. The standard InChI is InChI=1S/C21H12BrCl2N3S.C19H11BrCl2N2OS.C14H8BrCl2NO2S.C14H10Cl2N2O2S.C12H4BrCl2NO2S.C7H7N2O.3CH3.Sn/c1-25-18-17(15-8-7-14(23)11-16(15)24)19(28-20(18)22)21-26-9-10-27(21)12-13-5-3-2-4-6-13;1-23-16-15(13-8-7-12(21)9-14(13)22)17(26-18(16)20)19(25)24-10-11-5-3-2-4-6-11;1-3-20-14(19)12-10(11(18-2)13(15)21-12)8-5-4-7(16)6-9(8)17;1-3-20-14(19)12-10(11(18-2)13(17)21-12)8-5-4-7(15)6-9(8)16;1-16-9-8(10(12(17)18)19-11(9)13)6-3-2-5(14)4-7(6)15;1-6(10)9-7-4-2-3-5-8-7;;;;/h2-11H,12H2;2-9H,10H2,(H,24,25);4-6H,3H2,1H3;4-6H,3,17H2,1H3;2-4H,(H,17,18);3-5H,1H3,(H,8,9,10);3*1H3;. The molecule has 0 spiro atoms. The quantitative estimate of drug-likeness (QED) is 0.0359. The zero-order valence-electron chi connectivity index (χ0n) is 67.4. The number of aromatic nitrogens is 3. The summed E-state index contributed by atoms with van der Waals surface area (Å²) in [6.45, 7) is 43.4. The third-order valence-corrected chi connectivity index (χ3v) is 34.3. The molecular weight excluding hydrogens is 2320 g/mol. The molecule has 129 heavy (non-hydrogen) atoms. The molecule has 0 saturated heterocycles. The van der Waals surface area contributed by atoms with Crippen LogP contribution in [0.5, 0.6) is 0 Å². The number of nitrogens with one attached hydrogen (secondary N) is 2. The number of rotatable bonds is 18. The maximum absolute atomic E-state index is 12.8. The van der Waals surface area contributed by atoms with Crippen molar-refractivity contribution in [2.24, 2.45) is 0 Å². The van der Waals surface area contributed by atoms with E-state index in [1.54, 1.807) is 105 Å². The third kappa shape index (κ3) is 27.0. The number of carbonyl (C=O) groups is 5. The molecule has 7 heterocycles. The van der Waals surface area contributed by atoms with Crippen LogP contribution in [-0.4, -0.2) is 81.0 Å². The van der Waals surface area contributed by atoms with Crippen LogP contribution < -0.4 is 19.9 Å². The Kier molecular flexibility index (Phi) is 39.5. The summed E-state index contributed by atoms with van der Waals surface area (Å²) >= 11 is 78.2. The molecule has 19 nitrogen and oxygen atoms in total. The maximum atomic E-state index is 12.8. The fourth-order valence-electron chi connectivity index (χ4n) is 11.8. The summed E-state index contributed by atoms with van der Waals surface area (Å²) in [6, 6.07) is 48.7. The van der Waals surface area contributed by atoms with Crippen molar-refractivity contribution in [3.63, 3.8) is 0 Å². The topological polar surface area (TPSA) is 227 Å². The van der Waals surface area contributed by atoms with E-state index >= 15 is 0 Å². The minimum absolute atomic E-state index is 0.0706. The van der Waals surface area contributed by atoms with Crippen molar-refractivity contribution in [1.29, 1.82) is 0 Å². The van der Waals surface area contributed by atoms with Crippen LogP contribution in [0.1, 0.15) is 70.6 Å². The molecule has 7 aromatic heterocycles. The fourth-order valence-corrected chi connectivity index (χ4v) is 25.2. The summed E-state index contributed by atoms with van der Waals surface area (Å²) in [4.78, 5) is 94.3. The number of nitrogens with zero attached hydrogens (tertiary/aromatic N) is 8. The van der Waals surface area contributed by atoms with Crippen molar-refractivity contribution in [2.75, 3.05) is 24.3 Å². The molecule has 0 atom stereocenters. The fraction of sp³-hybridized carbons (Fsp3) is 0.111. The summed E-state index contributed by atoms with van der Waals surface area (Å²) in [5.74, 6) is -0.952. The van der Waals surface area contributed by atoms with Gasteiger partial charge in [0.15, 0.2) is 0 Å². The minimum Gasteiger partial charge on any atom is -0.477 e. The molecule has 14 aromatic rings. The number of benzene rings is 7. The van der Waals surface area contributed by atoms with Gasteiger partial charge in [-0.15, -0.1) is 56.7 Å². The van der Waals surface area contributed by atoms with Crippen LogP contribution >= 0.6 is 236 Å². The molecular formula is C90H61Br4Cl10N11O8S5Sn. The molecule has 0 aliphatic carbocycles. The second-order valence-corrected chi connectivity index (χ2v) is 56.2. The summed E-state index contributed by atoms with van der Waals surface area (Å²) < 4.78 is 15.9. The van der Waals surface area contributed by atoms with Crippen molar-refractivity contribution in [2.45, 2.75) is 48.7 Å². The number of pyridine rings is 1. The molecule has 0 bridgehead atoms. The molecule has 0 aliphatic rings. The minimum atomic E-state index is -2.02. The number of hydrogen-bond donors (Lipinski definition) is 4. The van der Waals surface area contributed by atoms with Gasteiger partial charge in [-0.05, 0) is 113 Å². The van der Waals surface area contributed by atoms with E-state index in [9.17, 15) is 29.1 Å². The number of nitrogen functional groups attached to an aromatic ring is 1. The molecule has 0 saturated carbocycles. The number of imidazole rings is 1. The number of anilines is 2. The van der Waals surface area contributed by atoms with E-state index in [2.05, 4.69) is 146 Å². The Morgan fingerprint density at radius 3 is 1.22 bits per heavy atom. The molecule has 0 radical (unpaired) electrons. The van der Waals surface area contributed by atoms with Crippen LogP contribution in [0.3, 0.4) is 0 Å². The second-order valence-electron chi connectivity index (χ2n) is 27.1. The SMILES string of the molecule is CC(=O)Nc1c[c]([Sn]([CH3])([CH3])[CH3])ccn1.[C-]#[N+]c1c(Br)sc(-c2nccn2Cc2ccccc2)c1-c1ccc(Cl)cc1Cl.[C-]#[N+]c1c(Br)sc(C(=O)NCc2ccccc2)c1-c1ccc(Cl)cc1Cl.[C-]#[N+]c1c(Br)sc(C(=O)O)c1-c1ccc(Cl)cc1Cl.[C-]#[N+]c1c(Br)sc(C(=O)OCC)c1-c1ccc(Cl)cc1Cl.[C-]#[N+]c1c(N)sc(C(=O)OCC)c1-c1ccc(Cl)cc1Cl. The van der Waals surface area contributed by atoms with E-state index < -0.39 is 36.3 Å². The van der Waals surface area contributed by atoms with Gasteiger partial charge in [-0.2, -0.15) is 0 Å². The molecule has 39 heteroatoms. The van der Waals surface area contributed by atoms with E-state index in [1.807, 2.05) is 66.9 Å². The van der Waals surface area contributed by atoms with Crippen LogP contribution in [0, 0.1) is 32.9 Å². The van der Waals surface area contributed by atoms with Gasteiger partial charge in [-0.3, -0.25) is 4.79 Å². The number of nitrogens with two attached hydrogens (primary N) is 1. The molecule has 2 amide bonds. The van der Waals surface area contributed by atoms with Crippen molar-refractivity contribution in [1.82, 2.24) is 19.9 Å². The van der Waals surface area contributed by atoms with Gasteiger partial charge in [0.1, 0.15) is 20.5 Å². The Balaban J connectivity index is 0.000000177.